The zero-order valence-electron chi connectivity index (χ0n) is 13.2. The van der Waals surface area contributed by atoms with E-state index in [0.717, 1.165) is 24.3 Å². The first-order chi connectivity index (χ1) is 12.4. The third-order valence-electron chi connectivity index (χ3n) is 3.23. The van der Waals surface area contributed by atoms with Gasteiger partial charge in [-0.2, -0.15) is 8.42 Å². The van der Waals surface area contributed by atoms with E-state index in [2.05, 4.69) is 4.98 Å². The summed E-state index contributed by atoms with van der Waals surface area (Å²) in [5.41, 5.74) is -0.208. The summed E-state index contributed by atoms with van der Waals surface area (Å²) in [6.07, 6.45) is 1.59. The number of hydrogen-bond acceptors (Lipinski definition) is 7. The van der Waals surface area contributed by atoms with Crippen molar-refractivity contribution in [2.75, 3.05) is 0 Å². The van der Waals surface area contributed by atoms with Gasteiger partial charge in [0.1, 0.15) is 16.4 Å². The van der Waals surface area contributed by atoms with Crippen molar-refractivity contribution >= 4 is 15.8 Å². The van der Waals surface area contributed by atoms with Gasteiger partial charge in [0.25, 0.3) is 5.69 Å². The number of aromatic nitrogens is 1. The molecule has 0 aliphatic heterocycles. The summed E-state index contributed by atoms with van der Waals surface area (Å²) in [5.74, 6) is 0.945. The lowest BCUT2D eigenvalue weighted by atomic mass is 10.3. The van der Waals surface area contributed by atoms with Crippen LogP contribution in [0.1, 0.15) is 0 Å². The Labute approximate surface area is 148 Å². The lowest BCUT2D eigenvalue weighted by Crippen LogP contribution is -2.09. The number of non-ortho nitro benzene ring substituents is 1. The van der Waals surface area contributed by atoms with Crippen molar-refractivity contribution in [3.8, 4) is 17.4 Å². The van der Waals surface area contributed by atoms with Gasteiger partial charge in [-0.05, 0) is 42.5 Å². The van der Waals surface area contributed by atoms with Crippen molar-refractivity contribution in [3.05, 3.63) is 83.0 Å². The van der Waals surface area contributed by atoms with Crippen LogP contribution in [-0.2, 0) is 10.1 Å². The fraction of sp³-hybridized carbons (Fsp3) is 0. The summed E-state index contributed by atoms with van der Waals surface area (Å²) in [4.78, 5) is 13.8. The molecule has 0 spiro atoms. The molecule has 3 aromatic rings. The van der Waals surface area contributed by atoms with Crippen LogP contribution in [0.4, 0.5) is 5.69 Å². The molecule has 0 atom stereocenters. The first-order valence-corrected chi connectivity index (χ1v) is 8.73. The predicted molar refractivity (Wildman–Crippen MR) is 91.7 cm³/mol. The number of rotatable bonds is 6. The molecule has 0 saturated carbocycles. The van der Waals surface area contributed by atoms with E-state index in [0.29, 0.717) is 11.6 Å². The van der Waals surface area contributed by atoms with Crippen LogP contribution in [-0.4, -0.2) is 18.3 Å². The summed E-state index contributed by atoms with van der Waals surface area (Å²) < 4.78 is 35.0. The molecule has 1 aromatic heterocycles. The van der Waals surface area contributed by atoms with Crippen molar-refractivity contribution in [1.29, 1.82) is 0 Å². The molecule has 0 saturated heterocycles. The summed E-state index contributed by atoms with van der Waals surface area (Å²) in [5, 5.41) is 10.6. The second kappa shape index (κ2) is 7.19. The van der Waals surface area contributed by atoms with Gasteiger partial charge in [0.05, 0.1) is 4.92 Å². The van der Waals surface area contributed by atoms with Crippen LogP contribution >= 0.6 is 0 Å². The van der Waals surface area contributed by atoms with Crippen LogP contribution in [0.25, 0.3) is 0 Å². The lowest BCUT2D eigenvalue weighted by molar-refractivity contribution is -0.384. The number of nitro benzene ring substituents is 1. The summed E-state index contributed by atoms with van der Waals surface area (Å²) in [7, 11) is -4.10. The molecule has 26 heavy (non-hydrogen) atoms. The minimum Gasteiger partial charge on any atom is -0.439 e. The highest BCUT2D eigenvalue weighted by Crippen LogP contribution is 2.25. The molecular weight excluding hydrogens is 360 g/mol. The Morgan fingerprint density at radius 2 is 1.54 bits per heavy atom. The highest BCUT2D eigenvalue weighted by atomic mass is 32.2. The van der Waals surface area contributed by atoms with E-state index in [-0.39, 0.29) is 16.3 Å². The normalized spacial score (nSPS) is 10.9. The number of pyridine rings is 1. The maximum atomic E-state index is 12.2. The van der Waals surface area contributed by atoms with Gasteiger partial charge >= 0.3 is 10.1 Å². The number of nitro groups is 1. The zero-order chi connectivity index (χ0) is 18.6. The van der Waals surface area contributed by atoms with Crippen LogP contribution in [0.15, 0.2) is 77.8 Å². The molecule has 0 N–H and O–H groups in total. The van der Waals surface area contributed by atoms with Gasteiger partial charge in [0, 0.05) is 24.4 Å². The number of benzene rings is 2. The van der Waals surface area contributed by atoms with E-state index < -0.39 is 15.0 Å². The largest absolute Gasteiger partial charge is 0.439 e. The van der Waals surface area contributed by atoms with Gasteiger partial charge in [-0.3, -0.25) is 10.1 Å². The maximum absolute atomic E-state index is 12.2. The quantitative estimate of drug-likeness (QED) is 0.370. The molecule has 9 heteroatoms. The van der Waals surface area contributed by atoms with Crippen LogP contribution in [0.3, 0.4) is 0 Å². The Kier molecular flexibility index (Phi) is 4.81. The molecule has 0 radical (unpaired) electrons. The number of ether oxygens (including phenoxy) is 1. The Hall–Kier alpha value is -3.46. The van der Waals surface area contributed by atoms with Gasteiger partial charge in [0.15, 0.2) is 0 Å². The Morgan fingerprint density at radius 3 is 2.12 bits per heavy atom. The number of hydrogen-bond donors (Lipinski definition) is 0. The second-order valence-electron chi connectivity index (χ2n) is 5.03. The fourth-order valence-electron chi connectivity index (χ4n) is 2.00. The third-order valence-corrected chi connectivity index (χ3v) is 4.49. The predicted octanol–water partition coefficient (Wildman–Crippen LogP) is 3.55. The monoisotopic (exact) mass is 372 g/mol. The summed E-state index contributed by atoms with van der Waals surface area (Å²) in [6.45, 7) is 0. The Balaban J connectivity index is 1.72. The first kappa shape index (κ1) is 17.4. The third kappa shape index (κ3) is 4.14. The molecule has 0 unspecified atom stereocenters. The van der Waals surface area contributed by atoms with Crippen LogP contribution in [0, 0.1) is 10.1 Å². The fourth-order valence-corrected chi connectivity index (χ4v) is 2.93. The standard InChI is InChI=1S/C17H12N2O6S/c20-19(21)13-4-10-16(11-5-13)26(22,23)25-15-8-6-14(7-9-15)24-17-3-1-2-12-18-17/h1-12H. The van der Waals surface area contributed by atoms with Gasteiger partial charge in [0.2, 0.25) is 5.88 Å². The second-order valence-corrected chi connectivity index (χ2v) is 6.58. The zero-order valence-corrected chi connectivity index (χ0v) is 14.0. The van der Waals surface area contributed by atoms with E-state index in [4.69, 9.17) is 8.92 Å². The van der Waals surface area contributed by atoms with Gasteiger partial charge in [-0.1, -0.05) is 6.07 Å². The minimum atomic E-state index is -4.10. The smallest absolute Gasteiger partial charge is 0.339 e. The number of nitrogens with zero attached hydrogens (tertiary/aromatic N) is 2. The van der Waals surface area contributed by atoms with Crippen molar-refractivity contribution in [2.45, 2.75) is 4.90 Å². The minimum absolute atomic E-state index is 0.0803. The molecule has 0 fully saturated rings. The molecule has 0 aliphatic rings. The Bertz CT molecular complexity index is 1000. The van der Waals surface area contributed by atoms with Crippen molar-refractivity contribution in [2.24, 2.45) is 0 Å². The molecular formula is C17H12N2O6S. The lowest BCUT2D eigenvalue weighted by Gasteiger charge is -2.08. The van der Waals surface area contributed by atoms with E-state index in [1.54, 1.807) is 24.4 Å². The summed E-state index contributed by atoms with van der Waals surface area (Å²) >= 11 is 0. The molecule has 0 aliphatic carbocycles. The molecule has 0 bridgehead atoms. The average Bonchev–Trinajstić information content (AvgIpc) is 2.64. The molecule has 132 valence electrons. The van der Waals surface area contributed by atoms with Gasteiger partial charge in [-0.15, -0.1) is 0 Å². The van der Waals surface area contributed by atoms with Crippen molar-refractivity contribution in [1.82, 2.24) is 4.98 Å². The summed E-state index contributed by atoms with van der Waals surface area (Å²) in [6, 6.07) is 15.6. The first-order valence-electron chi connectivity index (χ1n) is 7.32. The van der Waals surface area contributed by atoms with Gasteiger partial charge in [-0.25, -0.2) is 4.98 Å². The average molecular weight is 372 g/mol. The van der Waals surface area contributed by atoms with Crippen LogP contribution in [0.2, 0.25) is 0 Å². The molecule has 1 heterocycles. The van der Waals surface area contributed by atoms with Crippen molar-refractivity contribution in [3.63, 3.8) is 0 Å². The molecule has 2 aromatic carbocycles. The van der Waals surface area contributed by atoms with Gasteiger partial charge < -0.3 is 8.92 Å². The Morgan fingerprint density at radius 1 is 0.885 bits per heavy atom. The molecule has 3 rings (SSSR count). The van der Waals surface area contributed by atoms with Crippen LogP contribution < -0.4 is 8.92 Å². The van der Waals surface area contributed by atoms with E-state index >= 15 is 0 Å². The highest BCUT2D eigenvalue weighted by molar-refractivity contribution is 7.87. The highest BCUT2D eigenvalue weighted by Gasteiger charge is 2.18. The molecule has 0 amide bonds. The van der Waals surface area contributed by atoms with Crippen molar-refractivity contribution < 1.29 is 22.3 Å². The molecule has 8 nitrogen and oxygen atoms in total. The topological polar surface area (TPSA) is 109 Å². The SMILES string of the molecule is O=[N+]([O-])c1ccc(S(=O)(=O)Oc2ccc(Oc3ccccn3)cc2)cc1. The van der Waals surface area contributed by atoms with E-state index in [1.165, 1.54) is 24.3 Å². The van der Waals surface area contributed by atoms with E-state index in [9.17, 15) is 18.5 Å². The maximum Gasteiger partial charge on any atom is 0.339 e. The van der Waals surface area contributed by atoms with E-state index in [1.807, 2.05) is 0 Å². The van der Waals surface area contributed by atoms with Crippen LogP contribution in [0.5, 0.6) is 17.4 Å².